The number of nitrogens with zero attached hydrogens (tertiary/aromatic N) is 2. The van der Waals surface area contributed by atoms with Crippen molar-refractivity contribution in [3.63, 3.8) is 0 Å². The molecule has 132 valence electrons. The minimum absolute atomic E-state index is 0.0647. The summed E-state index contributed by atoms with van der Waals surface area (Å²) >= 11 is 6.00. The first-order valence-corrected chi connectivity index (χ1v) is 8.37. The lowest BCUT2D eigenvalue weighted by atomic mass is 10.2. The van der Waals surface area contributed by atoms with Crippen LogP contribution in [0.3, 0.4) is 0 Å². The molecule has 25 heavy (non-hydrogen) atoms. The second-order valence-electron chi connectivity index (χ2n) is 5.66. The predicted octanol–water partition coefficient (Wildman–Crippen LogP) is 1.87. The summed E-state index contributed by atoms with van der Waals surface area (Å²) in [5.74, 6) is -0.371. The van der Waals surface area contributed by atoms with Gasteiger partial charge in [0.15, 0.2) is 0 Å². The molecule has 1 fully saturated rings. The molecule has 1 saturated heterocycles. The van der Waals surface area contributed by atoms with Crippen molar-refractivity contribution >= 4 is 34.8 Å². The molecule has 0 radical (unpaired) electrons. The second-order valence-corrected chi connectivity index (χ2v) is 6.06. The molecule has 7 nitrogen and oxygen atoms in total. The number of benzene rings is 1. The third kappa shape index (κ3) is 5.40. The van der Waals surface area contributed by atoms with Crippen molar-refractivity contribution in [1.29, 1.82) is 5.26 Å². The summed E-state index contributed by atoms with van der Waals surface area (Å²) in [6, 6.07) is 6.55. The van der Waals surface area contributed by atoms with Crippen LogP contribution in [0.1, 0.15) is 19.3 Å². The first-order chi connectivity index (χ1) is 12.0. The number of hydrogen-bond acceptors (Lipinski definition) is 5. The molecule has 4 N–H and O–H groups in total. The number of hydrogen-bond donors (Lipinski definition) is 3. The Morgan fingerprint density at radius 2 is 2.28 bits per heavy atom. The van der Waals surface area contributed by atoms with Gasteiger partial charge in [-0.3, -0.25) is 9.59 Å². The molecule has 0 aromatic heterocycles. The number of carbonyl (C=O) groups is 2. The zero-order chi connectivity index (χ0) is 18.2. The molecular formula is C17H20ClN5O2. The molecule has 2 rings (SSSR count). The van der Waals surface area contributed by atoms with Crippen LogP contribution >= 0.6 is 11.6 Å². The fourth-order valence-corrected chi connectivity index (χ4v) is 2.69. The van der Waals surface area contributed by atoms with Crippen molar-refractivity contribution in [1.82, 2.24) is 10.2 Å². The molecular weight excluding hydrogens is 342 g/mol. The third-order valence-electron chi connectivity index (χ3n) is 3.77. The van der Waals surface area contributed by atoms with Gasteiger partial charge in [0.1, 0.15) is 11.6 Å². The monoisotopic (exact) mass is 361 g/mol. The number of nitrogens with two attached hydrogens (primary N) is 1. The van der Waals surface area contributed by atoms with Gasteiger partial charge in [-0.15, -0.1) is 0 Å². The number of likely N-dealkylation sites (tertiary alicyclic amines) is 1. The molecule has 0 bridgehead atoms. The van der Waals surface area contributed by atoms with Crippen LogP contribution in [0.2, 0.25) is 5.02 Å². The van der Waals surface area contributed by atoms with E-state index in [1.807, 2.05) is 11.0 Å². The molecule has 8 heteroatoms. The predicted molar refractivity (Wildman–Crippen MR) is 96.6 cm³/mol. The van der Waals surface area contributed by atoms with Crippen LogP contribution in [0, 0.1) is 11.3 Å². The number of nitrogens with one attached hydrogen (secondary N) is 2. The van der Waals surface area contributed by atoms with Gasteiger partial charge in [-0.05, 0) is 31.0 Å². The number of nitriles is 1. The van der Waals surface area contributed by atoms with Gasteiger partial charge < -0.3 is 21.3 Å². The highest BCUT2D eigenvalue weighted by Crippen LogP contribution is 2.24. The van der Waals surface area contributed by atoms with Gasteiger partial charge in [-0.25, -0.2) is 0 Å². The largest absolute Gasteiger partial charge is 0.399 e. The maximum Gasteiger partial charge on any atom is 0.267 e. The van der Waals surface area contributed by atoms with Gasteiger partial charge in [0, 0.05) is 37.9 Å². The zero-order valence-electron chi connectivity index (χ0n) is 13.7. The smallest absolute Gasteiger partial charge is 0.267 e. The highest BCUT2D eigenvalue weighted by molar-refractivity contribution is 6.34. The summed E-state index contributed by atoms with van der Waals surface area (Å²) in [5, 5.41) is 14.9. The topological polar surface area (TPSA) is 111 Å². The molecule has 0 spiro atoms. The van der Waals surface area contributed by atoms with E-state index in [9.17, 15) is 9.59 Å². The number of carbonyl (C=O) groups excluding carboxylic acids is 2. The number of nitrogen functional groups attached to an aromatic ring is 1. The number of halogens is 1. The van der Waals surface area contributed by atoms with Crippen LogP contribution in [0.15, 0.2) is 30.0 Å². The van der Waals surface area contributed by atoms with Crippen LogP contribution in [0.4, 0.5) is 11.4 Å². The first kappa shape index (κ1) is 18.6. The summed E-state index contributed by atoms with van der Waals surface area (Å²) in [6.07, 6.45) is 3.65. The quantitative estimate of drug-likeness (QED) is 0.297. The van der Waals surface area contributed by atoms with Crippen molar-refractivity contribution in [2.45, 2.75) is 19.3 Å². The Hall–Kier alpha value is -2.72. The Kier molecular flexibility index (Phi) is 6.66. The van der Waals surface area contributed by atoms with Crippen LogP contribution in [0.25, 0.3) is 0 Å². The Balaban J connectivity index is 1.81. The van der Waals surface area contributed by atoms with E-state index in [0.29, 0.717) is 35.9 Å². The highest BCUT2D eigenvalue weighted by Gasteiger charge is 2.18. The summed E-state index contributed by atoms with van der Waals surface area (Å²) < 4.78 is 0. The highest BCUT2D eigenvalue weighted by atomic mass is 35.5. The van der Waals surface area contributed by atoms with E-state index in [0.717, 1.165) is 19.4 Å². The molecule has 1 aromatic rings. The Morgan fingerprint density at radius 1 is 1.48 bits per heavy atom. The molecule has 0 unspecified atom stereocenters. The van der Waals surface area contributed by atoms with Crippen molar-refractivity contribution < 1.29 is 9.59 Å². The zero-order valence-corrected chi connectivity index (χ0v) is 14.5. The molecule has 0 atom stereocenters. The lowest BCUT2D eigenvalue weighted by molar-refractivity contribution is -0.127. The van der Waals surface area contributed by atoms with Gasteiger partial charge >= 0.3 is 0 Å². The van der Waals surface area contributed by atoms with Crippen LogP contribution in [-0.4, -0.2) is 36.3 Å². The Morgan fingerprint density at radius 3 is 2.92 bits per heavy atom. The normalized spacial score (nSPS) is 14.3. The molecule has 1 heterocycles. The number of amides is 2. The van der Waals surface area contributed by atoms with E-state index in [2.05, 4.69) is 10.6 Å². The van der Waals surface area contributed by atoms with Crippen molar-refractivity contribution in [2.24, 2.45) is 0 Å². The SMILES string of the molecule is N#C/C(=C/NCCCN1CCCC1=O)C(=O)Nc1ccc(N)cc1Cl. The number of rotatable bonds is 7. The molecule has 0 saturated carbocycles. The minimum Gasteiger partial charge on any atom is -0.399 e. The maximum atomic E-state index is 12.1. The fraction of sp³-hybridized carbons (Fsp3) is 0.353. The maximum absolute atomic E-state index is 12.1. The summed E-state index contributed by atoms with van der Waals surface area (Å²) in [6.45, 7) is 2.04. The van der Waals surface area contributed by atoms with Gasteiger partial charge in [-0.2, -0.15) is 5.26 Å². The Bertz CT molecular complexity index is 726. The summed E-state index contributed by atoms with van der Waals surface area (Å²) in [7, 11) is 0. The minimum atomic E-state index is -0.559. The van der Waals surface area contributed by atoms with Crippen molar-refractivity contribution in [3.8, 4) is 6.07 Å². The summed E-state index contributed by atoms with van der Waals surface area (Å²) in [4.78, 5) is 25.4. The number of anilines is 2. The van der Waals surface area contributed by atoms with Crippen LogP contribution in [0.5, 0.6) is 0 Å². The average molecular weight is 362 g/mol. The van der Waals surface area contributed by atoms with E-state index >= 15 is 0 Å². The van der Waals surface area contributed by atoms with Crippen molar-refractivity contribution in [2.75, 3.05) is 30.7 Å². The van der Waals surface area contributed by atoms with Crippen molar-refractivity contribution in [3.05, 3.63) is 35.0 Å². The lowest BCUT2D eigenvalue weighted by Crippen LogP contribution is -2.27. The van der Waals surface area contributed by atoms with Gasteiger partial charge in [0.05, 0.1) is 10.7 Å². The lowest BCUT2D eigenvalue weighted by Gasteiger charge is -2.14. The third-order valence-corrected chi connectivity index (χ3v) is 4.09. The fourth-order valence-electron chi connectivity index (χ4n) is 2.46. The van der Waals surface area contributed by atoms with E-state index < -0.39 is 5.91 Å². The van der Waals surface area contributed by atoms with Gasteiger partial charge in [0.25, 0.3) is 5.91 Å². The standard InChI is InChI=1S/C17H20ClN5O2/c18-14-9-13(20)4-5-15(14)22-17(25)12(10-19)11-21-6-2-8-23-7-1-3-16(23)24/h4-5,9,11,21H,1-3,6-8,20H2,(H,22,25)/b12-11-. The molecule has 1 aliphatic rings. The molecule has 1 aliphatic heterocycles. The summed E-state index contributed by atoms with van der Waals surface area (Å²) in [5.41, 5.74) is 6.40. The second kappa shape index (κ2) is 8.94. The first-order valence-electron chi connectivity index (χ1n) is 7.99. The average Bonchev–Trinajstić information content (AvgIpc) is 2.98. The van der Waals surface area contributed by atoms with Crippen LogP contribution < -0.4 is 16.4 Å². The molecule has 0 aliphatic carbocycles. The molecule has 1 aromatic carbocycles. The molecule has 2 amide bonds. The van der Waals surface area contributed by atoms with Gasteiger partial charge in [0.2, 0.25) is 5.91 Å². The van der Waals surface area contributed by atoms with Gasteiger partial charge in [-0.1, -0.05) is 11.6 Å². The van der Waals surface area contributed by atoms with Crippen LogP contribution in [-0.2, 0) is 9.59 Å². The van der Waals surface area contributed by atoms with E-state index in [-0.39, 0.29) is 11.5 Å². The van der Waals surface area contributed by atoms with E-state index in [1.54, 1.807) is 12.1 Å². The van der Waals surface area contributed by atoms with E-state index in [4.69, 9.17) is 22.6 Å². The Labute approximate surface area is 151 Å². The van der Waals surface area contributed by atoms with E-state index in [1.165, 1.54) is 12.3 Å².